The highest BCUT2D eigenvalue weighted by atomic mass is 31.2. The smallest absolute Gasteiger partial charge is 0.407 e. The topological polar surface area (TPSA) is 92.5 Å². The third-order valence-electron chi connectivity index (χ3n) is 8.81. The fraction of sp³-hybridized carbons (Fsp3) is 0.361. The van der Waals surface area contributed by atoms with Crippen molar-refractivity contribution in [1.82, 2.24) is 15.6 Å². The van der Waals surface area contributed by atoms with Crippen LogP contribution in [0.2, 0.25) is 0 Å². The molecule has 3 aromatic carbocycles. The standard InChI is InChI=1S/C36H42N3O4P/c1-44(2,41)43-23-28(39-36(40)42-24-34-32-15-5-3-13-30(32)31-14-4-6-16-33(31)34)20-25-10-9-11-26(25)21-37-19-18-27-22-38-35-17-8-7-12-29(27)35/h3-8,12-17,20,22,26,28,34,37-38H,9-11,18-19,21,23-24H2,1-2H3,(H,39,40)/b25-20-/t26?,28-/m1/s1. The van der Waals surface area contributed by atoms with Crippen molar-refractivity contribution in [3.8, 4) is 11.1 Å². The van der Waals surface area contributed by atoms with Crippen molar-refractivity contribution in [2.45, 2.75) is 37.6 Å². The highest BCUT2D eigenvalue weighted by Crippen LogP contribution is 2.44. The number of fused-ring (bicyclic) bond motifs is 4. The van der Waals surface area contributed by atoms with Crippen molar-refractivity contribution in [3.05, 3.63) is 107 Å². The summed E-state index contributed by atoms with van der Waals surface area (Å²) in [5, 5.41) is 7.94. The fourth-order valence-electron chi connectivity index (χ4n) is 6.67. The molecule has 1 heterocycles. The molecule has 3 N–H and O–H groups in total. The maximum Gasteiger partial charge on any atom is 0.407 e. The minimum atomic E-state index is -2.73. The van der Waals surface area contributed by atoms with E-state index in [-0.39, 0.29) is 19.1 Å². The minimum Gasteiger partial charge on any atom is -0.449 e. The monoisotopic (exact) mass is 611 g/mol. The molecule has 1 aromatic heterocycles. The Balaban J connectivity index is 1.07. The predicted octanol–water partition coefficient (Wildman–Crippen LogP) is 7.49. The quantitative estimate of drug-likeness (QED) is 0.0877. The summed E-state index contributed by atoms with van der Waals surface area (Å²) >= 11 is 0. The average molecular weight is 612 g/mol. The maximum absolute atomic E-state index is 13.1. The molecule has 2 atom stereocenters. The van der Waals surface area contributed by atoms with Gasteiger partial charge in [-0.1, -0.05) is 78.4 Å². The molecule has 6 rings (SSSR count). The second-order valence-electron chi connectivity index (χ2n) is 12.3. The molecule has 1 amide bonds. The molecule has 1 unspecified atom stereocenters. The zero-order valence-corrected chi connectivity index (χ0v) is 26.4. The van der Waals surface area contributed by atoms with Gasteiger partial charge in [-0.2, -0.15) is 0 Å². The molecule has 0 bridgehead atoms. The Labute approximate surface area is 259 Å². The normalized spacial score (nSPS) is 18.0. The van der Waals surface area contributed by atoms with Crippen LogP contribution in [0.25, 0.3) is 22.0 Å². The molecule has 44 heavy (non-hydrogen) atoms. The van der Waals surface area contributed by atoms with Gasteiger partial charge in [0.15, 0.2) is 7.37 Å². The van der Waals surface area contributed by atoms with Gasteiger partial charge in [-0.05, 0) is 72.0 Å². The van der Waals surface area contributed by atoms with Crippen LogP contribution in [0.15, 0.2) is 90.6 Å². The number of carbonyl (C=O) groups is 1. The van der Waals surface area contributed by atoms with E-state index in [1.54, 1.807) is 13.3 Å². The van der Waals surface area contributed by atoms with Crippen LogP contribution in [0.5, 0.6) is 0 Å². The summed E-state index contributed by atoms with van der Waals surface area (Å²) in [6.07, 6.45) is 7.86. The molecular weight excluding hydrogens is 569 g/mol. The van der Waals surface area contributed by atoms with E-state index in [0.29, 0.717) is 5.92 Å². The lowest BCUT2D eigenvalue weighted by Gasteiger charge is -2.21. The summed E-state index contributed by atoms with van der Waals surface area (Å²) in [5.41, 5.74) is 8.53. The number of rotatable bonds is 12. The second-order valence-corrected chi connectivity index (χ2v) is 15.0. The van der Waals surface area contributed by atoms with E-state index in [1.165, 1.54) is 44.3 Å². The lowest BCUT2D eigenvalue weighted by Crippen LogP contribution is -2.38. The van der Waals surface area contributed by atoms with Crippen LogP contribution in [0.1, 0.15) is 41.9 Å². The van der Waals surface area contributed by atoms with Crippen LogP contribution in [-0.2, 0) is 20.2 Å². The lowest BCUT2D eigenvalue weighted by molar-refractivity contribution is 0.137. The highest BCUT2D eigenvalue weighted by Gasteiger charge is 2.29. The van der Waals surface area contributed by atoms with Crippen molar-refractivity contribution in [1.29, 1.82) is 0 Å². The molecule has 0 aliphatic heterocycles. The number of carbonyl (C=O) groups excluding carboxylic acids is 1. The number of para-hydroxylation sites is 1. The first-order valence-electron chi connectivity index (χ1n) is 15.6. The molecule has 0 spiro atoms. The summed E-state index contributed by atoms with van der Waals surface area (Å²) < 4.78 is 23.9. The van der Waals surface area contributed by atoms with Crippen molar-refractivity contribution >= 4 is 24.4 Å². The molecule has 230 valence electrons. The first kappa shape index (κ1) is 30.4. The Morgan fingerprint density at radius 3 is 2.48 bits per heavy atom. The van der Waals surface area contributed by atoms with Gasteiger partial charge in [-0.15, -0.1) is 0 Å². The Morgan fingerprint density at radius 2 is 1.73 bits per heavy atom. The number of nitrogens with one attached hydrogen (secondary N) is 3. The molecule has 0 radical (unpaired) electrons. The molecular formula is C36H42N3O4P. The molecule has 8 heteroatoms. The van der Waals surface area contributed by atoms with Gasteiger partial charge in [0.2, 0.25) is 0 Å². The first-order chi connectivity index (χ1) is 21.4. The zero-order valence-electron chi connectivity index (χ0n) is 25.6. The predicted molar refractivity (Wildman–Crippen MR) is 178 cm³/mol. The van der Waals surface area contributed by atoms with Gasteiger partial charge in [0, 0.05) is 42.9 Å². The summed E-state index contributed by atoms with van der Waals surface area (Å²) in [4.78, 5) is 16.5. The molecule has 7 nitrogen and oxygen atoms in total. The van der Waals surface area contributed by atoms with Gasteiger partial charge in [-0.25, -0.2) is 4.79 Å². The first-order valence-corrected chi connectivity index (χ1v) is 18.1. The second kappa shape index (κ2) is 13.6. The van der Waals surface area contributed by atoms with Crippen molar-refractivity contribution in [2.24, 2.45) is 5.92 Å². The summed E-state index contributed by atoms with van der Waals surface area (Å²) in [5.74, 6) is 0.377. The Bertz CT molecular complexity index is 1640. The fourth-order valence-corrected chi connectivity index (χ4v) is 7.19. The van der Waals surface area contributed by atoms with Crippen LogP contribution in [0.3, 0.4) is 0 Å². The number of amides is 1. The van der Waals surface area contributed by atoms with E-state index < -0.39 is 19.5 Å². The van der Waals surface area contributed by atoms with Gasteiger partial charge < -0.3 is 24.9 Å². The minimum absolute atomic E-state index is 0.0118. The summed E-state index contributed by atoms with van der Waals surface area (Å²) in [6.45, 7) is 5.35. The largest absolute Gasteiger partial charge is 0.449 e. The van der Waals surface area contributed by atoms with Crippen LogP contribution in [0, 0.1) is 5.92 Å². The molecule has 0 saturated heterocycles. The summed E-state index contributed by atoms with van der Waals surface area (Å²) in [7, 11) is -2.73. The van der Waals surface area contributed by atoms with E-state index in [4.69, 9.17) is 9.26 Å². The zero-order chi connectivity index (χ0) is 30.5. The van der Waals surface area contributed by atoms with Crippen molar-refractivity contribution in [3.63, 3.8) is 0 Å². The number of aromatic amines is 1. The number of hydrogen-bond acceptors (Lipinski definition) is 5. The van der Waals surface area contributed by atoms with Crippen LogP contribution in [0.4, 0.5) is 4.79 Å². The van der Waals surface area contributed by atoms with Gasteiger partial charge in [-0.3, -0.25) is 4.57 Å². The Morgan fingerprint density at radius 1 is 1.02 bits per heavy atom. The van der Waals surface area contributed by atoms with E-state index >= 15 is 0 Å². The van der Waals surface area contributed by atoms with E-state index in [9.17, 15) is 9.36 Å². The molecule has 1 fully saturated rings. The third kappa shape index (κ3) is 7.18. The van der Waals surface area contributed by atoms with Gasteiger partial charge in [0.05, 0.1) is 12.6 Å². The van der Waals surface area contributed by atoms with Crippen molar-refractivity contribution < 1.29 is 18.6 Å². The molecule has 2 aliphatic carbocycles. The number of H-pyrrole nitrogens is 1. The number of alkyl carbamates (subject to hydrolysis) is 1. The number of ether oxygens (including phenoxy) is 1. The number of hydrogen-bond donors (Lipinski definition) is 3. The third-order valence-corrected chi connectivity index (χ3v) is 9.58. The summed E-state index contributed by atoms with van der Waals surface area (Å²) in [6, 6.07) is 24.6. The van der Waals surface area contributed by atoms with E-state index in [2.05, 4.69) is 76.4 Å². The highest BCUT2D eigenvalue weighted by molar-refractivity contribution is 7.57. The van der Waals surface area contributed by atoms with Gasteiger partial charge in [0.1, 0.15) is 6.61 Å². The SMILES string of the molecule is CP(C)(=O)OC[C@@H](/C=C1/CCCC1CNCCc1c[nH]c2ccccc12)NC(=O)OCC1c2ccccc2-c2ccccc21. The van der Waals surface area contributed by atoms with Crippen molar-refractivity contribution in [2.75, 3.05) is 39.6 Å². The Hall–Kier alpha value is -3.64. The number of aromatic nitrogens is 1. The van der Waals surface area contributed by atoms with Crippen LogP contribution in [-0.4, -0.2) is 56.8 Å². The maximum atomic E-state index is 13.1. The van der Waals surface area contributed by atoms with Gasteiger partial charge >= 0.3 is 6.09 Å². The molecule has 4 aromatic rings. The average Bonchev–Trinajstić information content (AvgIpc) is 3.73. The molecule has 2 aliphatic rings. The molecule has 1 saturated carbocycles. The van der Waals surface area contributed by atoms with E-state index in [0.717, 1.165) is 38.8 Å². The van der Waals surface area contributed by atoms with E-state index in [1.807, 2.05) is 24.3 Å². The Kier molecular flexibility index (Phi) is 9.36. The van der Waals surface area contributed by atoms with Gasteiger partial charge in [0.25, 0.3) is 0 Å². The number of benzene rings is 3. The van der Waals surface area contributed by atoms with Crippen LogP contribution < -0.4 is 10.6 Å². The lowest BCUT2D eigenvalue weighted by atomic mass is 9.98. The van der Waals surface area contributed by atoms with Crippen LogP contribution >= 0.6 is 7.37 Å².